The van der Waals surface area contributed by atoms with Gasteiger partial charge in [-0.15, -0.1) is 0 Å². The molecule has 3 N–H and O–H groups in total. The normalized spacial score (nSPS) is 21.3. The van der Waals surface area contributed by atoms with Crippen LogP contribution in [0.1, 0.15) is 44.9 Å². The van der Waals surface area contributed by atoms with E-state index in [9.17, 15) is 9.90 Å². The monoisotopic (exact) mass is 185 g/mol. The lowest BCUT2D eigenvalue weighted by molar-refractivity contribution is -0.436. The molecule has 0 saturated heterocycles. The summed E-state index contributed by atoms with van der Waals surface area (Å²) in [6.07, 6.45) is 7.26. The highest BCUT2D eigenvalue weighted by molar-refractivity contribution is 5.64. The van der Waals surface area contributed by atoms with Gasteiger partial charge in [0.15, 0.2) is 0 Å². The Morgan fingerprint density at radius 2 is 2.00 bits per heavy atom. The van der Waals surface area contributed by atoms with E-state index in [0.717, 1.165) is 0 Å². The maximum Gasteiger partial charge on any atom is 0.0875 e. The quantitative estimate of drug-likeness (QED) is 0.653. The molecular weight excluding hydrogens is 166 g/mol. The van der Waals surface area contributed by atoms with Gasteiger partial charge in [0.05, 0.1) is 6.04 Å². The van der Waals surface area contributed by atoms with Crippen LogP contribution in [0.5, 0.6) is 0 Å². The Balaban J connectivity index is 2.20. The lowest BCUT2D eigenvalue weighted by Gasteiger charge is -2.24. The molecule has 3 nitrogen and oxygen atoms in total. The summed E-state index contributed by atoms with van der Waals surface area (Å²) in [7, 11) is 0. The topological polar surface area (TPSA) is 67.8 Å². The van der Waals surface area contributed by atoms with Gasteiger partial charge in [0, 0.05) is 18.3 Å². The second-order valence-corrected chi connectivity index (χ2v) is 4.07. The van der Waals surface area contributed by atoms with Crippen molar-refractivity contribution in [3.63, 3.8) is 0 Å². The van der Waals surface area contributed by atoms with Gasteiger partial charge < -0.3 is 15.6 Å². The van der Waals surface area contributed by atoms with Crippen LogP contribution >= 0.6 is 0 Å². The van der Waals surface area contributed by atoms with E-state index in [1.165, 1.54) is 32.1 Å². The Morgan fingerprint density at radius 1 is 1.38 bits per heavy atom. The number of rotatable bonds is 4. The van der Waals surface area contributed by atoms with Gasteiger partial charge >= 0.3 is 0 Å². The molecule has 0 aromatic rings. The molecule has 1 saturated carbocycles. The third-order valence-corrected chi connectivity index (χ3v) is 3.04. The first-order chi connectivity index (χ1) is 6.20. The standard InChI is InChI=1S/C10H19NO2/c11-9(6-7-10(12)13)8-4-2-1-3-5-8/h8-9H,1-7,11H2,(H,12,13)/t9-/m1/s1. The Hall–Kier alpha value is -0.570. The third kappa shape index (κ3) is 3.77. The van der Waals surface area contributed by atoms with E-state index in [0.29, 0.717) is 18.4 Å². The number of quaternary nitrogens is 1. The molecule has 1 fully saturated rings. The molecule has 0 aliphatic heterocycles. The van der Waals surface area contributed by atoms with E-state index in [2.05, 4.69) is 5.73 Å². The van der Waals surface area contributed by atoms with Crippen LogP contribution in [0.3, 0.4) is 0 Å². The Kier molecular flexibility index (Phi) is 4.22. The van der Waals surface area contributed by atoms with Crippen molar-refractivity contribution < 1.29 is 15.6 Å². The molecule has 0 heterocycles. The van der Waals surface area contributed by atoms with Gasteiger partial charge in [-0.05, 0) is 19.3 Å². The molecule has 1 rings (SSSR count). The fourth-order valence-corrected chi connectivity index (χ4v) is 2.14. The minimum Gasteiger partial charge on any atom is -0.550 e. The number of carboxylic acid groups (broad SMARTS) is 1. The van der Waals surface area contributed by atoms with E-state index < -0.39 is 5.97 Å². The molecule has 0 aromatic carbocycles. The van der Waals surface area contributed by atoms with Crippen molar-refractivity contribution in [2.45, 2.75) is 51.0 Å². The predicted octanol–water partition coefficient (Wildman–Crippen LogP) is -0.293. The SMILES string of the molecule is [NH3+][C@H](CCC(=O)[O-])C1CCCCC1. The minimum atomic E-state index is -0.940. The lowest BCUT2D eigenvalue weighted by Crippen LogP contribution is -2.64. The van der Waals surface area contributed by atoms with E-state index in [-0.39, 0.29) is 6.42 Å². The first-order valence-electron chi connectivity index (χ1n) is 5.23. The summed E-state index contributed by atoms with van der Waals surface area (Å²) in [4.78, 5) is 10.2. The van der Waals surface area contributed by atoms with Gasteiger partial charge in [0.25, 0.3) is 0 Å². The van der Waals surface area contributed by atoms with Crippen LogP contribution in [-0.4, -0.2) is 12.0 Å². The van der Waals surface area contributed by atoms with Crippen LogP contribution < -0.4 is 10.8 Å². The smallest absolute Gasteiger partial charge is 0.0875 e. The second-order valence-electron chi connectivity index (χ2n) is 4.07. The van der Waals surface area contributed by atoms with Gasteiger partial charge in [-0.1, -0.05) is 19.3 Å². The lowest BCUT2D eigenvalue weighted by atomic mass is 9.83. The second kappa shape index (κ2) is 5.22. The fourth-order valence-electron chi connectivity index (χ4n) is 2.14. The first kappa shape index (κ1) is 10.5. The molecule has 0 aromatic heterocycles. The van der Waals surface area contributed by atoms with Gasteiger partial charge in [-0.2, -0.15) is 0 Å². The third-order valence-electron chi connectivity index (χ3n) is 3.04. The highest BCUT2D eigenvalue weighted by Crippen LogP contribution is 2.26. The Bertz CT molecular complexity index is 164. The van der Waals surface area contributed by atoms with Gasteiger partial charge in [-0.25, -0.2) is 0 Å². The summed E-state index contributed by atoms with van der Waals surface area (Å²) < 4.78 is 0. The van der Waals surface area contributed by atoms with Crippen molar-refractivity contribution in [3.8, 4) is 0 Å². The molecule has 0 radical (unpaired) electrons. The van der Waals surface area contributed by atoms with Gasteiger partial charge in [0.1, 0.15) is 0 Å². The van der Waals surface area contributed by atoms with Crippen LogP contribution in [-0.2, 0) is 4.79 Å². The van der Waals surface area contributed by atoms with Crippen molar-refractivity contribution in [2.24, 2.45) is 5.92 Å². The molecule has 76 valence electrons. The molecule has 0 spiro atoms. The maximum absolute atomic E-state index is 10.2. The number of carbonyl (C=O) groups is 1. The summed E-state index contributed by atoms with van der Waals surface area (Å²) in [6.45, 7) is 0. The van der Waals surface area contributed by atoms with Crippen LogP contribution in [0, 0.1) is 5.92 Å². The average Bonchev–Trinajstić information content (AvgIpc) is 2.15. The van der Waals surface area contributed by atoms with E-state index >= 15 is 0 Å². The average molecular weight is 185 g/mol. The van der Waals surface area contributed by atoms with Crippen molar-refractivity contribution >= 4 is 5.97 Å². The number of hydrogen-bond donors (Lipinski definition) is 1. The number of carbonyl (C=O) groups excluding carboxylic acids is 1. The van der Waals surface area contributed by atoms with Crippen LogP contribution in [0.4, 0.5) is 0 Å². The minimum absolute atomic E-state index is 0.171. The van der Waals surface area contributed by atoms with Gasteiger partial charge in [-0.3, -0.25) is 0 Å². The molecule has 1 aliphatic rings. The van der Waals surface area contributed by atoms with Crippen molar-refractivity contribution in [1.29, 1.82) is 0 Å². The van der Waals surface area contributed by atoms with E-state index in [1.807, 2.05) is 0 Å². The summed E-state index contributed by atoms with van der Waals surface area (Å²) in [5.74, 6) is -0.280. The largest absolute Gasteiger partial charge is 0.550 e. The molecule has 13 heavy (non-hydrogen) atoms. The zero-order valence-electron chi connectivity index (χ0n) is 8.13. The van der Waals surface area contributed by atoms with Crippen LogP contribution in [0.25, 0.3) is 0 Å². The highest BCUT2D eigenvalue weighted by Gasteiger charge is 2.22. The molecule has 1 aliphatic carbocycles. The van der Waals surface area contributed by atoms with E-state index in [4.69, 9.17) is 0 Å². The first-order valence-corrected chi connectivity index (χ1v) is 5.23. The molecule has 0 unspecified atom stereocenters. The predicted molar refractivity (Wildman–Crippen MR) is 47.5 cm³/mol. The van der Waals surface area contributed by atoms with Crippen molar-refractivity contribution in [2.75, 3.05) is 0 Å². The summed E-state index contributed by atoms with van der Waals surface area (Å²) in [5, 5.41) is 10.2. The summed E-state index contributed by atoms with van der Waals surface area (Å²) >= 11 is 0. The fraction of sp³-hybridized carbons (Fsp3) is 0.900. The van der Waals surface area contributed by atoms with Crippen LogP contribution in [0.2, 0.25) is 0 Å². The molecular formula is C10H19NO2. The maximum atomic E-state index is 10.2. The zero-order chi connectivity index (χ0) is 9.68. The zero-order valence-corrected chi connectivity index (χ0v) is 8.13. The van der Waals surface area contributed by atoms with E-state index in [1.54, 1.807) is 0 Å². The molecule has 1 atom stereocenters. The molecule has 0 amide bonds. The highest BCUT2D eigenvalue weighted by atomic mass is 16.4. The number of aliphatic carboxylic acids is 1. The Morgan fingerprint density at radius 3 is 2.54 bits per heavy atom. The van der Waals surface area contributed by atoms with Crippen molar-refractivity contribution in [3.05, 3.63) is 0 Å². The Labute approximate surface area is 79.3 Å². The molecule has 0 bridgehead atoms. The van der Waals surface area contributed by atoms with Crippen LogP contribution in [0.15, 0.2) is 0 Å². The van der Waals surface area contributed by atoms with Gasteiger partial charge in [0.2, 0.25) is 0 Å². The summed E-state index contributed by atoms with van der Waals surface area (Å²) in [5.41, 5.74) is 4.04. The number of hydrogen-bond acceptors (Lipinski definition) is 2. The van der Waals surface area contributed by atoms with Crippen molar-refractivity contribution in [1.82, 2.24) is 0 Å². The molecule has 3 heteroatoms. The summed E-state index contributed by atoms with van der Waals surface area (Å²) in [6, 6.07) is 0.318. The number of carboxylic acids is 1.